The maximum Gasteiger partial charge on any atom is 0.573 e. The normalized spacial score (nSPS) is 10.5. The van der Waals surface area contributed by atoms with Crippen molar-refractivity contribution in [2.24, 2.45) is 0 Å². The number of benzene rings is 2. The van der Waals surface area contributed by atoms with Crippen molar-refractivity contribution >= 4 is 17.6 Å². The minimum absolute atomic E-state index is 0.237. The van der Waals surface area contributed by atoms with Gasteiger partial charge in [-0.05, 0) is 42.6 Å². The molecule has 0 aromatic heterocycles. The van der Waals surface area contributed by atoms with E-state index in [4.69, 9.17) is 0 Å². The molecule has 6 heteroatoms. The molecule has 0 bridgehead atoms. The Labute approximate surface area is 132 Å². The second-order valence-corrected chi connectivity index (χ2v) is 4.92. The lowest BCUT2D eigenvalue weighted by Crippen LogP contribution is -2.17. The summed E-state index contributed by atoms with van der Waals surface area (Å²) < 4.78 is 43.5. The molecule has 0 saturated carbocycles. The number of anilines is 1. The first kappa shape index (κ1) is 18.2. The molecule has 2 nitrogen and oxygen atoms in total. The summed E-state index contributed by atoms with van der Waals surface area (Å²) in [6.45, 7) is 5.81. The number of nitrogens with one attached hydrogen (secondary N) is 1. The van der Waals surface area contributed by atoms with E-state index < -0.39 is 6.36 Å². The molecular weight excluding hydrogens is 311 g/mol. The molecule has 0 aliphatic carbocycles. The van der Waals surface area contributed by atoms with E-state index in [0.717, 1.165) is 10.5 Å². The van der Waals surface area contributed by atoms with E-state index in [0.29, 0.717) is 5.69 Å². The second-order valence-electron chi connectivity index (χ2n) is 4.04. The average molecular weight is 329 g/mol. The van der Waals surface area contributed by atoms with Crippen LogP contribution in [0.2, 0.25) is 0 Å². The quantitative estimate of drug-likeness (QED) is 0.691. The van der Waals surface area contributed by atoms with Gasteiger partial charge in [0.05, 0.1) is 5.69 Å². The van der Waals surface area contributed by atoms with Crippen LogP contribution >= 0.6 is 11.9 Å². The highest BCUT2D eigenvalue weighted by Crippen LogP contribution is 2.30. The van der Waals surface area contributed by atoms with Crippen molar-refractivity contribution < 1.29 is 17.9 Å². The molecule has 2 rings (SSSR count). The molecule has 2 aromatic rings. The summed E-state index contributed by atoms with van der Waals surface area (Å²) in [5, 5.41) is 0. The van der Waals surface area contributed by atoms with Crippen molar-refractivity contribution in [3.8, 4) is 5.75 Å². The lowest BCUT2D eigenvalue weighted by molar-refractivity contribution is -0.274. The van der Waals surface area contributed by atoms with Gasteiger partial charge >= 0.3 is 6.36 Å². The van der Waals surface area contributed by atoms with Gasteiger partial charge in [-0.3, -0.25) is 0 Å². The van der Waals surface area contributed by atoms with E-state index in [1.165, 1.54) is 24.1 Å². The van der Waals surface area contributed by atoms with Crippen LogP contribution in [0.25, 0.3) is 0 Å². The molecule has 22 heavy (non-hydrogen) atoms. The molecular formula is C16H18F3NOS. The van der Waals surface area contributed by atoms with Crippen LogP contribution in [-0.4, -0.2) is 6.36 Å². The van der Waals surface area contributed by atoms with E-state index in [1.807, 2.05) is 51.1 Å². The summed E-state index contributed by atoms with van der Waals surface area (Å²) in [7, 11) is 0. The van der Waals surface area contributed by atoms with Crippen LogP contribution in [-0.2, 0) is 0 Å². The summed E-state index contributed by atoms with van der Waals surface area (Å²) in [6.07, 6.45) is -4.68. The Hall–Kier alpha value is -1.82. The summed E-state index contributed by atoms with van der Waals surface area (Å²) in [4.78, 5) is 0.967. The van der Waals surface area contributed by atoms with Gasteiger partial charge in [-0.15, -0.1) is 13.2 Å². The molecule has 120 valence electrons. The predicted molar refractivity (Wildman–Crippen MR) is 85.1 cm³/mol. The number of hydrogen-bond donors (Lipinski definition) is 1. The van der Waals surface area contributed by atoms with Gasteiger partial charge in [0.25, 0.3) is 0 Å². The van der Waals surface area contributed by atoms with Gasteiger partial charge in [0, 0.05) is 11.0 Å². The molecule has 0 spiro atoms. The van der Waals surface area contributed by atoms with Gasteiger partial charge in [-0.2, -0.15) is 0 Å². The third-order valence-electron chi connectivity index (χ3n) is 2.46. The highest BCUT2D eigenvalue weighted by Gasteiger charge is 2.31. The summed E-state index contributed by atoms with van der Waals surface area (Å²) in [5.74, 6) is -0.237. The fourth-order valence-corrected chi connectivity index (χ4v) is 2.25. The van der Waals surface area contributed by atoms with Crippen LogP contribution in [0.1, 0.15) is 19.4 Å². The third kappa shape index (κ3) is 6.30. The van der Waals surface area contributed by atoms with E-state index in [-0.39, 0.29) is 5.75 Å². The second kappa shape index (κ2) is 8.58. The van der Waals surface area contributed by atoms with E-state index in [1.54, 1.807) is 6.07 Å². The topological polar surface area (TPSA) is 21.3 Å². The molecule has 0 unspecified atom stereocenters. The Morgan fingerprint density at radius 1 is 1.00 bits per heavy atom. The maximum atomic E-state index is 12.2. The first-order chi connectivity index (χ1) is 10.4. The zero-order chi connectivity index (χ0) is 16.6. The fraction of sp³-hybridized carbons (Fsp3) is 0.250. The number of ether oxygens (including phenoxy) is 1. The molecule has 2 aromatic carbocycles. The van der Waals surface area contributed by atoms with Crippen LogP contribution in [0.3, 0.4) is 0 Å². The van der Waals surface area contributed by atoms with Crippen molar-refractivity contribution in [2.45, 2.75) is 32.0 Å². The molecule has 0 amide bonds. The Balaban J connectivity index is 0.00000116. The molecule has 0 aliphatic rings. The van der Waals surface area contributed by atoms with Crippen LogP contribution in [0.4, 0.5) is 18.9 Å². The van der Waals surface area contributed by atoms with Crippen molar-refractivity contribution in [2.75, 3.05) is 4.72 Å². The molecule has 0 fully saturated rings. The van der Waals surface area contributed by atoms with Gasteiger partial charge in [-0.25, -0.2) is 0 Å². The first-order valence-electron chi connectivity index (χ1n) is 6.78. The lowest BCUT2D eigenvalue weighted by Gasteiger charge is -2.13. The van der Waals surface area contributed by atoms with Gasteiger partial charge in [0.15, 0.2) is 0 Å². The Morgan fingerprint density at radius 2 is 1.64 bits per heavy atom. The van der Waals surface area contributed by atoms with Crippen molar-refractivity contribution in [3.05, 3.63) is 54.1 Å². The third-order valence-corrected chi connectivity index (χ3v) is 3.29. The molecule has 0 heterocycles. The van der Waals surface area contributed by atoms with Crippen LogP contribution in [0.15, 0.2) is 53.4 Å². The van der Waals surface area contributed by atoms with Crippen LogP contribution in [0.5, 0.6) is 5.75 Å². The highest BCUT2D eigenvalue weighted by atomic mass is 32.2. The zero-order valence-corrected chi connectivity index (χ0v) is 13.4. The molecule has 1 N–H and O–H groups in total. The Morgan fingerprint density at radius 3 is 2.23 bits per heavy atom. The van der Waals surface area contributed by atoms with Crippen LogP contribution in [0, 0.1) is 6.92 Å². The fourth-order valence-electron chi connectivity index (χ4n) is 1.51. The monoisotopic (exact) mass is 329 g/mol. The number of alkyl halides is 3. The van der Waals surface area contributed by atoms with E-state index >= 15 is 0 Å². The predicted octanol–water partition coefficient (Wildman–Crippen LogP) is 6.04. The minimum Gasteiger partial charge on any atom is -0.406 e. The SMILES string of the molecule is CC.Cc1ccc(OC(F)(F)F)cc1NSc1ccccc1. The minimum atomic E-state index is -4.68. The Kier molecular flexibility index (Phi) is 7.11. The highest BCUT2D eigenvalue weighted by molar-refractivity contribution is 8.00. The van der Waals surface area contributed by atoms with Crippen LogP contribution < -0.4 is 9.46 Å². The first-order valence-corrected chi connectivity index (χ1v) is 7.60. The largest absolute Gasteiger partial charge is 0.573 e. The number of halogens is 3. The average Bonchev–Trinajstić information content (AvgIpc) is 2.49. The van der Waals surface area contributed by atoms with Crippen molar-refractivity contribution in [1.82, 2.24) is 0 Å². The lowest BCUT2D eigenvalue weighted by atomic mass is 10.2. The molecule has 0 atom stereocenters. The van der Waals surface area contributed by atoms with Gasteiger partial charge in [-0.1, -0.05) is 38.1 Å². The molecule has 0 saturated heterocycles. The molecule has 0 aliphatic heterocycles. The number of aryl methyl sites for hydroxylation is 1. The standard InChI is InChI=1S/C14H12F3NOS.C2H6/c1-10-7-8-11(19-14(15,16)17)9-13(10)18-20-12-5-3-2-4-6-12;1-2/h2-9,18H,1H3;1-2H3. The maximum absolute atomic E-state index is 12.2. The summed E-state index contributed by atoms with van der Waals surface area (Å²) in [6, 6.07) is 13.7. The Bertz CT molecular complexity index is 573. The van der Waals surface area contributed by atoms with Crippen molar-refractivity contribution in [3.63, 3.8) is 0 Å². The van der Waals surface area contributed by atoms with Crippen molar-refractivity contribution in [1.29, 1.82) is 0 Å². The summed E-state index contributed by atoms with van der Waals surface area (Å²) >= 11 is 1.33. The van der Waals surface area contributed by atoms with E-state index in [2.05, 4.69) is 9.46 Å². The number of rotatable bonds is 4. The smallest absolute Gasteiger partial charge is 0.406 e. The number of hydrogen-bond acceptors (Lipinski definition) is 3. The van der Waals surface area contributed by atoms with Gasteiger partial charge < -0.3 is 9.46 Å². The van der Waals surface area contributed by atoms with Gasteiger partial charge in [0.2, 0.25) is 0 Å². The molecule has 0 radical (unpaired) electrons. The van der Waals surface area contributed by atoms with Gasteiger partial charge in [0.1, 0.15) is 5.75 Å². The zero-order valence-electron chi connectivity index (χ0n) is 12.6. The van der Waals surface area contributed by atoms with E-state index in [9.17, 15) is 13.2 Å². The summed E-state index contributed by atoms with van der Waals surface area (Å²) in [5.41, 5.74) is 1.42.